The van der Waals surface area contributed by atoms with Gasteiger partial charge in [-0.3, -0.25) is 4.79 Å². The zero-order valence-electron chi connectivity index (χ0n) is 6.76. The van der Waals surface area contributed by atoms with Crippen molar-refractivity contribution in [3.8, 4) is 0 Å². The van der Waals surface area contributed by atoms with Gasteiger partial charge in [-0.1, -0.05) is 15.9 Å². The summed E-state index contributed by atoms with van der Waals surface area (Å²) < 4.78 is 0. The van der Waals surface area contributed by atoms with Crippen LogP contribution in [0.4, 0.5) is 0 Å². The number of carbonyl (C=O) groups is 1. The normalized spacial score (nSPS) is 9.83. The third-order valence-corrected chi connectivity index (χ3v) is 2.98. The van der Waals surface area contributed by atoms with E-state index in [1.807, 2.05) is 6.92 Å². The minimum atomic E-state index is 0.0283. The van der Waals surface area contributed by atoms with Crippen LogP contribution < -0.4 is 5.32 Å². The van der Waals surface area contributed by atoms with Crippen LogP contribution in [-0.2, 0) is 11.3 Å². The monoisotopic (exact) mass is 247 g/mol. The van der Waals surface area contributed by atoms with Gasteiger partial charge >= 0.3 is 0 Å². The maximum Gasteiger partial charge on any atom is 0.230 e. The number of aryl methyl sites for hydroxylation is 1. The van der Waals surface area contributed by atoms with Crippen LogP contribution in [-0.4, -0.2) is 11.2 Å². The topological polar surface area (TPSA) is 29.1 Å². The highest BCUT2D eigenvalue weighted by Crippen LogP contribution is 2.12. The van der Waals surface area contributed by atoms with Gasteiger partial charge in [-0.05, 0) is 28.8 Å². The van der Waals surface area contributed by atoms with Crippen molar-refractivity contribution in [2.24, 2.45) is 0 Å². The first kappa shape index (κ1) is 9.74. The fourth-order valence-electron chi connectivity index (χ4n) is 0.809. The number of hydrogen-bond donors (Lipinski definition) is 1. The predicted molar refractivity (Wildman–Crippen MR) is 54.7 cm³/mol. The highest BCUT2D eigenvalue weighted by molar-refractivity contribution is 9.09. The highest BCUT2D eigenvalue weighted by atomic mass is 79.9. The number of nitrogens with one attached hydrogen (secondary N) is 1. The number of alkyl halides is 1. The Labute approximate surface area is 84.1 Å². The number of hydrogen-bond acceptors (Lipinski definition) is 2. The van der Waals surface area contributed by atoms with E-state index < -0.39 is 0 Å². The van der Waals surface area contributed by atoms with E-state index >= 15 is 0 Å². The van der Waals surface area contributed by atoms with Gasteiger partial charge in [-0.2, -0.15) is 11.3 Å². The zero-order chi connectivity index (χ0) is 8.97. The molecule has 0 aliphatic rings. The van der Waals surface area contributed by atoms with E-state index in [-0.39, 0.29) is 5.91 Å². The number of carbonyl (C=O) groups excluding carboxylic acids is 1. The fourth-order valence-corrected chi connectivity index (χ4v) is 1.86. The van der Waals surface area contributed by atoms with Crippen molar-refractivity contribution in [2.45, 2.75) is 13.5 Å². The molecule has 2 nitrogen and oxygen atoms in total. The molecular formula is C8H10BrNOS. The predicted octanol–water partition coefficient (Wildman–Crippen LogP) is 2.07. The van der Waals surface area contributed by atoms with Gasteiger partial charge in [-0.15, -0.1) is 0 Å². The Morgan fingerprint density at radius 1 is 1.67 bits per heavy atom. The SMILES string of the molecule is Cc1cscc1CNC(=O)CBr. The lowest BCUT2D eigenvalue weighted by Gasteiger charge is -2.01. The first-order chi connectivity index (χ1) is 5.74. The summed E-state index contributed by atoms with van der Waals surface area (Å²) in [7, 11) is 0. The first-order valence-electron chi connectivity index (χ1n) is 3.58. The molecule has 4 heteroatoms. The molecule has 66 valence electrons. The van der Waals surface area contributed by atoms with Gasteiger partial charge in [0.25, 0.3) is 0 Å². The molecule has 1 amide bonds. The summed E-state index contributed by atoms with van der Waals surface area (Å²) in [5, 5.41) is 7.31. The molecule has 0 atom stereocenters. The standard InChI is InChI=1S/C8H10BrNOS/c1-6-4-12-5-7(6)3-10-8(11)2-9/h4-5H,2-3H2,1H3,(H,10,11). The highest BCUT2D eigenvalue weighted by Gasteiger charge is 2.01. The van der Waals surface area contributed by atoms with Crippen molar-refractivity contribution in [1.29, 1.82) is 0 Å². The fraction of sp³-hybridized carbons (Fsp3) is 0.375. The average Bonchev–Trinajstić information content (AvgIpc) is 2.47. The van der Waals surface area contributed by atoms with E-state index in [2.05, 4.69) is 32.0 Å². The number of halogens is 1. The smallest absolute Gasteiger partial charge is 0.230 e. The van der Waals surface area contributed by atoms with Crippen molar-refractivity contribution >= 4 is 33.2 Å². The van der Waals surface area contributed by atoms with Crippen LogP contribution in [0, 0.1) is 6.92 Å². The maximum absolute atomic E-state index is 10.9. The molecule has 0 bridgehead atoms. The molecule has 0 fully saturated rings. The second-order valence-electron chi connectivity index (χ2n) is 2.49. The van der Waals surface area contributed by atoms with Crippen molar-refractivity contribution < 1.29 is 4.79 Å². The molecule has 1 heterocycles. The largest absolute Gasteiger partial charge is 0.351 e. The summed E-state index contributed by atoms with van der Waals surface area (Å²) in [5.74, 6) is 0.0283. The summed E-state index contributed by atoms with van der Waals surface area (Å²) in [6, 6.07) is 0. The Kier molecular flexibility index (Phi) is 3.75. The number of rotatable bonds is 3. The van der Waals surface area contributed by atoms with Crippen LogP contribution in [0.15, 0.2) is 10.8 Å². The van der Waals surface area contributed by atoms with E-state index in [1.54, 1.807) is 11.3 Å². The number of amides is 1. The van der Waals surface area contributed by atoms with Gasteiger partial charge in [-0.25, -0.2) is 0 Å². The number of thiophene rings is 1. The first-order valence-corrected chi connectivity index (χ1v) is 5.65. The van der Waals surface area contributed by atoms with E-state index in [4.69, 9.17) is 0 Å². The van der Waals surface area contributed by atoms with Crippen LogP contribution in [0.5, 0.6) is 0 Å². The Morgan fingerprint density at radius 2 is 2.42 bits per heavy atom. The second kappa shape index (κ2) is 4.62. The molecule has 1 rings (SSSR count). The van der Waals surface area contributed by atoms with Gasteiger partial charge in [0.05, 0.1) is 5.33 Å². The van der Waals surface area contributed by atoms with Crippen LogP contribution in [0.25, 0.3) is 0 Å². The molecule has 1 aromatic heterocycles. The van der Waals surface area contributed by atoms with Crippen LogP contribution in [0.2, 0.25) is 0 Å². The third-order valence-electron chi connectivity index (χ3n) is 1.56. The Morgan fingerprint density at radius 3 is 2.92 bits per heavy atom. The molecule has 0 saturated carbocycles. The zero-order valence-corrected chi connectivity index (χ0v) is 9.17. The van der Waals surface area contributed by atoms with Crippen molar-refractivity contribution in [3.63, 3.8) is 0 Å². The van der Waals surface area contributed by atoms with E-state index in [1.165, 1.54) is 11.1 Å². The van der Waals surface area contributed by atoms with Crippen molar-refractivity contribution in [3.05, 3.63) is 21.9 Å². The van der Waals surface area contributed by atoms with Crippen molar-refractivity contribution in [1.82, 2.24) is 5.32 Å². The summed E-state index contributed by atoms with van der Waals surface area (Å²) in [6.45, 7) is 2.69. The van der Waals surface area contributed by atoms with Crippen LogP contribution in [0.3, 0.4) is 0 Å². The molecule has 0 saturated heterocycles. The maximum atomic E-state index is 10.9. The molecule has 0 aliphatic carbocycles. The Balaban J connectivity index is 2.43. The van der Waals surface area contributed by atoms with Gasteiger partial charge in [0, 0.05) is 6.54 Å². The van der Waals surface area contributed by atoms with E-state index in [0.717, 1.165) is 0 Å². The molecule has 0 aliphatic heterocycles. The minimum absolute atomic E-state index is 0.0283. The molecule has 0 unspecified atom stereocenters. The molecule has 0 radical (unpaired) electrons. The van der Waals surface area contributed by atoms with Gasteiger partial charge < -0.3 is 5.32 Å². The van der Waals surface area contributed by atoms with Gasteiger partial charge in [0.2, 0.25) is 5.91 Å². The lowest BCUT2D eigenvalue weighted by Crippen LogP contribution is -2.23. The third kappa shape index (κ3) is 2.60. The molecular weight excluding hydrogens is 238 g/mol. The molecule has 1 N–H and O–H groups in total. The van der Waals surface area contributed by atoms with Gasteiger partial charge in [0.15, 0.2) is 0 Å². The van der Waals surface area contributed by atoms with E-state index in [9.17, 15) is 4.79 Å². The summed E-state index contributed by atoms with van der Waals surface area (Å²) in [5.41, 5.74) is 2.45. The second-order valence-corrected chi connectivity index (χ2v) is 3.79. The summed E-state index contributed by atoms with van der Waals surface area (Å²) in [6.07, 6.45) is 0. The lowest BCUT2D eigenvalue weighted by atomic mass is 10.2. The van der Waals surface area contributed by atoms with Gasteiger partial charge in [0.1, 0.15) is 0 Å². The molecule has 1 aromatic rings. The Hall–Kier alpha value is -0.350. The lowest BCUT2D eigenvalue weighted by molar-refractivity contribution is -0.118. The van der Waals surface area contributed by atoms with Crippen LogP contribution >= 0.6 is 27.3 Å². The molecule has 0 spiro atoms. The minimum Gasteiger partial charge on any atom is -0.351 e. The molecule has 12 heavy (non-hydrogen) atoms. The summed E-state index contributed by atoms with van der Waals surface area (Å²) in [4.78, 5) is 10.9. The Bertz CT molecular complexity index is 272. The quantitative estimate of drug-likeness (QED) is 0.815. The van der Waals surface area contributed by atoms with Crippen LogP contribution in [0.1, 0.15) is 11.1 Å². The molecule has 0 aromatic carbocycles. The van der Waals surface area contributed by atoms with Crippen molar-refractivity contribution in [2.75, 3.05) is 5.33 Å². The average molecular weight is 248 g/mol. The summed E-state index contributed by atoms with van der Waals surface area (Å²) >= 11 is 4.75. The van der Waals surface area contributed by atoms with E-state index in [0.29, 0.717) is 11.9 Å².